The number of benzene rings is 1. The molecule has 0 aromatic heterocycles. The summed E-state index contributed by atoms with van der Waals surface area (Å²) in [7, 11) is -0.236. The highest BCUT2D eigenvalue weighted by atomic mass is 32.2. The van der Waals surface area contributed by atoms with Gasteiger partial charge in [-0.2, -0.15) is 8.42 Å². The molecular weight excluding hydrogens is 337 g/mol. The van der Waals surface area contributed by atoms with E-state index in [1.54, 1.807) is 4.72 Å². The summed E-state index contributed by atoms with van der Waals surface area (Å²) in [5, 5.41) is 10.2. The third-order valence-electron chi connectivity index (χ3n) is 4.69. The average Bonchev–Trinajstić information content (AvgIpc) is 2.63. The first-order valence-electron chi connectivity index (χ1n) is 7.73. The number of amides is 1. The van der Waals surface area contributed by atoms with Crippen LogP contribution in [0.5, 0.6) is 5.75 Å². The Morgan fingerprint density at radius 3 is 2.58 bits per heavy atom. The molecule has 1 atom stereocenters. The normalized spacial score (nSPS) is 23.1. The fourth-order valence-corrected chi connectivity index (χ4v) is 4.55. The summed E-state index contributed by atoms with van der Waals surface area (Å²) in [4.78, 5) is 13.5. The van der Waals surface area contributed by atoms with E-state index in [9.17, 15) is 18.3 Å². The highest BCUT2D eigenvalue weighted by molar-refractivity contribution is 7.92. The lowest BCUT2D eigenvalue weighted by Gasteiger charge is -2.22. The first kappa shape index (κ1) is 17.0. The molecule has 1 aromatic rings. The van der Waals surface area contributed by atoms with E-state index in [2.05, 4.69) is 4.90 Å². The predicted octanol–water partition coefficient (Wildman–Crippen LogP) is 0.521. The minimum Gasteiger partial charge on any atom is -0.506 e. The molecule has 2 aliphatic rings. The van der Waals surface area contributed by atoms with Crippen molar-refractivity contribution < 1.29 is 22.7 Å². The monoisotopic (exact) mass is 357 g/mol. The van der Waals surface area contributed by atoms with Gasteiger partial charge in [-0.05, 0) is 57.0 Å². The number of fused-ring (bicyclic) bond motifs is 1. The van der Waals surface area contributed by atoms with Crippen LogP contribution >= 0.6 is 0 Å². The van der Waals surface area contributed by atoms with Gasteiger partial charge in [-0.3, -0.25) is 4.79 Å². The number of phenolic OH excluding ortho intramolecular Hbond substituents is 1. The van der Waals surface area contributed by atoms with Gasteiger partial charge in [-0.1, -0.05) is 0 Å². The fourth-order valence-electron chi connectivity index (χ4n) is 3.39. The maximum Gasteiger partial charge on any atom is 0.326 e. The van der Waals surface area contributed by atoms with E-state index >= 15 is 4.39 Å². The molecule has 0 saturated carbocycles. The summed E-state index contributed by atoms with van der Waals surface area (Å²) >= 11 is 0. The standard InChI is InChI=1S/C15H20FN3O4S/c1-18(2)10-4-3-9-7-12(20)15(14(16)11(9)6-5-10)19-8-13(21)17-24(19,22)23/h7,10,20H,3-6,8H2,1-2H3,(H,17,21). The Labute approximate surface area is 140 Å². The number of carbonyl (C=O) groups is 1. The first-order chi connectivity index (χ1) is 11.2. The molecule has 7 nitrogen and oxygen atoms in total. The van der Waals surface area contributed by atoms with E-state index in [4.69, 9.17) is 0 Å². The molecule has 0 radical (unpaired) electrons. The zero-order valence-electron chi connectivity index (χ0n) is 13.5. The molecule has 1 unspecified atom stereocenters. The number of anilines is 1. The van der Waals surface area contributed by atoms with Crippen molar-refractivity contribution in [3.63, 3.8) is 0 Å². The molecule has 0 spiro atoms. The van der Waals surface area contributed by atoms with Crippen LogP contribution in [0.2, 0.25) is 0 Å². The lowest BCUT2D eigenvalue weighted by Crippen LogP contribution is -2.30. The van der Waals surface area contributed by atoms with E-state index in [1.165, 1.54) is 6.07 Å². The minimum absolute atomic E-state index is 0.293. The Balaban J connectivity index is 2.05. The third-order valence-corrected chi connectivity index (χ3v) is 6.07. The molecule has 3 rings (SSSR count). The van der Waals surface area contributed by atoms with E-state index < -0.39 is 39.9 Å². The van der Waals surface area contributed by atoms with Gasteiger partial charge in [0.25, 0.3) is 5.91 Å². The third kappa shape index (κ3) is 2.82. The Hall–Kier alpha value is -1.87. The highest BCUT2D eigenvalue weighted by Gasteiger charge is 2.38. The quantitative estimate of drug-likeness (QED) is 0.754. The number of nitrogens with one attached hydrogen (secondary N) is 1. The number of rotatable bonds is 2. The van der Waals surface area contributed by atoms with Crippen LogP contribution in [0.25, 0.3) is 0 Å². The molecule has 132 valence electrons. The van der Waals surface area contributed by atoms with Crippen molar-refractivity contribution in [3.8, 4) is 5.75 Å². The van der Waals surface area contributed by atoms with Crippen LogP contribution in [0.15, 0.2) is 6.07 Å². The van der Waals surface area contributed by atoms with Crippen LogP contribution in [-0.4, -0.2) is 51.0 Å². The van der Waals surface area contributed by atoms with Gasteiger partial charge in [0.05, 0.1) is 0 Å². The van der Waals surface area contributed by atoms with E-state index in [-0.39, 0.29) is 0 Å². The first-order valence-corrected chi connectivity index (χ1v) is 9.17. The largest absolute Gasteiger partial charge is 0.506 e. The average molecular weight is 357 g/mol. The van der Waals surface area contributed by atoms with E-state index in [0.717, 1.165) is 12.8 Å². The number of hydrogen-bond donors (Lipinski definition) is 2. The maximum absolute atomic E-state index is 15.0. The van der Waals surface area contributed by atoms with E-state index in [1.807, 2.05) is 14.1 Å². The predicted molar refractivity (Wildman–Crippen MR) is 86.6 cm³/mol. The maximum atomic E-state index is 15.0. The number of halogens is 1. The summed E-state index contributed by atoms with van der Waals surface area (Å²) in [5.41, 5.74) is 0.658. The molecule has 1 saturated heterocycles. The second kappa shape index (κ2) is 5.89. The molecule has 0 bridgehead atoms. The van der Waals surface area contributed by atoms with Crippen LogP contribution < -0.4 is 9.03 Å². The Bertz CT molecular complexity index is 794. The zero-order valence-corrected chi connectivity index (χ0v) is 14.4. The number of nitrogens with zero attached hydrogens (tertiary/aromatic N) is 2. The highest BCUT2D eigenvalue weighted by Crippen LogP contribution is 2.39. The van der Waals surface area contributed by atoms with Crippen LogP contribution in [0.3, 0.4) is 0 Å². The molecule has 1 fully saturated rings. The van der Waals surface area contributed by atoms with Crippen LogP contribution in [0, 0.1) is 5.82 Å². The molecule has 24 heavy (non-hydrogen) atoms. The lowest BCUT2D eigenvalue weighted by molar-refractivity contribution is -0.117. The topological polar surface area (TPSA) is 89.9 Å². The summed E-state index contributed by atoms with van der Waals surface area (Å²) < 4.78 is 41.3. The second-order valence-corrected chi connectivity index (χ2v) is 8.02. The van der Waals surface area contributed by atoms with Crippen molar-refractivity contribution in [2.45, 2.75) is 31.7 Å². The van der Waals surface area contributed by atoms with Crippen molar-refractivity contribution in [1.82, 2.24) is 9.62 Å². The number of hydrogen-bond acceptors (Lipinski definition) is 5. The van der Waals surface area contributed by atoms with Gasteiger partial charge in [0.2, 0.25) is 0 Å². The molecule has 1 aliphatic carbocycles. The van der Waals surface area contributed by atoms with Crippen molar-refractivity contribution in [3.05, 3.63) is 23.0 Å². The van der Waals surface area contributed by atoms with Gasteiger partial charge in [0.15, 0.2) is 5.82 Å². The number of aryl methyl sites for hydroxylation is 1. The van der Waals surface area contributed by atoms with Crippen molar-refractivity contribution in [1.29, 1.82) is 0 Å². The van der Waals surface area contributed by atoms with Gasteiger partial charge in [-0.15, -0.1) is 0 Å². The fraction of sp³-hybridized carbons (Fsp3) is 0.533. The van der Waals surface area contributed by atoms with Crippen LogP contribution in [0.1, 0.15) is 24.0 Å². The molecule has 1 amide bonds. The Kier molecular flexibility index (Phi) is 4.16. The summed E-state index contributed by atoms with van der Waals surface area (Å²) in [5.74, 6) is -1.98. The van der Waals surface area contributed by atoms with Gasteiger partial charge in [0, 0.05) is 6.04 Å². The van der Waals surface area contributed by atoms with Gasteiger partial charge < -0.3 is 10.0 Å². The molecule has 1 heterocycles. The van der Waals surface area contributed by atoms with Gasteiger partial charge in [0.1, 0.15) is 18.0 Å². The number of carbonyl (C=O) groups excluding carboxylic acids is 1. The second-order valence-electron chi connectivity index (χ2n) is 6.43. The summed E-state index contributed by atoms with van der Waals surface area (Å²) in [6.45, 7) is -0.536. The smallest absolute Gasteiger partial charge is 0.326 e. The van der Waals surface area contributed by atoms with Crippen molar-refractivity contribution in [2.75, 3.05) is 24.9 Å². The Morgan fingerprint density at radius 1 is 1.33 bits per heavy atom. The molecule has 9 heteroatoms. The number of aromatic hydroxyl groups is 1. The van der Waals surface area contributed by atoms with Crippen molar-refractivity contribution in [2.24, 2.45) is 0 Å². The SMILES string of the molecule is CN(C)C1CCc2cc(O)c(N3CC(=O)NS3(=O)=O)c(F)c2CC1. The summed E-state index contributed by atoms with van der Waals surface area (Å²) in [6.07, 6.45) is 2.63. The minimum atomic E-state index is -4.17. The molecule has 1 aromatic carbocycles. The zero-order chi connectivity index (χ0) is 17.6. The number of phenols is 1. The Morgan fingerprint density at radius 2 is 2.00 bits per heavy atom. The lowest BCUT2D eigenvalue weighted by atomic mass is 10.0. The molecular formula is C15H20FN3O4S. The van der Waals surface area contributed by atoms with Crippen LogP contribution in [-0.2, 0) is 27.8 Å². The molecule has 2 N–H and O–H groups in total. The summed E-state index contributed by atoms with van der Waals surface area (Å²) in [6, 6.07) is 1.71. The molecule has 1 aliphatic heterocycles. The van der Waals surface area contributed by atoms with Crippen molar-refractivity contribution >= 4 is 21.8 Å². The van der Waals surface area contributed by atoms with Gasteiger partial charge >= 0.3 is 10.2 Å². The van der Waals surface area contributed by atoms with Crippen LogP contribution in [0.4, 0.5) is 10.1 Å². The van der Waals surface area contributed by atoms with E-state index in [0.29, 0.717) is 34.3 Å². The van der Waals surface area contributed by atoms with Gasteiger partial charge in [-0.25, -0.2) is 13.4 Å².